The molecule has 12 heteroatoms. The molecule has 4 aromatic heterocycles. The Balaban J connectivity index is 1.27. The van der Waals surface area contributed by atoms with Gasteiger partial charge in [0.1, 0.15) is 11.3 Å². The SMILES string of the molecule is NC(=O)C1CCN(C(=O)c2ccc3c(c2)nc(SCc2cc(=O)n4cc(Cl)ccc4n2)n2c4ccccc4nc32)CC1. The molecule has 0 unspecified atom stereocenters. The molecule has 0 bridgehead atoms. The molecule has 210 valence electrons. The fraction of sp³-hybridized carbons (Fsp3) is 0.200. The molecule has 2 aromatic carbocycles. The molecule has 5 heterocycles. The monoisotopic (exact) mass is 597 g/mol. The summed E-state index contributed by atoms with van der Waals surface area (Å²) in [5.41, 5.74) is 9.98. The van der Waals surface area contributed by atoms with E-state index in [1.165, 1.54) is 22.2 Å². The van der Waals surface area contributed by atoms with Gasteiger partial charge in [0.05, 0.1) is 27.3 Å². The number of likely N-dealkylation sites (tertiary alicyclic amines) is 1. The molecule has 0 aliphatic carbocycles. The van der Waals surface area contributed by atoms with E-state index in [9.17, 15) is 14.4 Å². The summed E-state index contributed by atoms with van der Waals surface area (Å²) in [6.45, 7) is 0.962. The minimum absolute atomic E-state index is 0.106. The van der Waals surface area contributed by atoms with Crippen LogP contribution in [0.3, 0.4) is 0 Å². The van der Waals surface area contributed by atoms with Crippen LogP contribution in [-0.2, 0) is 10.5 Å². The van der Waals surface area contributed by atoms with E-state index < -0.39 is 0 Å². The number of rotatable bonds is 5. The maximum Gasteiger partial charge on any atom is 0.258 e. The first-order chi connectivity index (χ1) is 20.4. The quantitative estimate of drug-likeness (QED) is 0.231. The first-order valence-corrected chi connectivity index (χ1v) is 14.8. The van der Waals surface area contributed by atoms with Crippen LogP contribution < -0.4 is 11.3 Å². The van der Waals surface area contributed by atoms with Crippen molar-refractivity contribution >= 4 is 68.4 Å². The number of pyridine rings is 1. The third-order valence-electron chi connectivity index (χ3n) is 7.66. The van der Waals surface area contributed by atoms with E-state index in [0.29, 0.717) is 64.3 Å². The Morgan fingerprint density at radius 2 is 1.79 bits per heavy atom. The van der Waals surface area contributed by atoms with Crippen molar-refractivity contribution in [3.8, 4) is 0 Å². The van der Waals surface area contributed by atoms with Gasteiger partial charge in [0.15, 0.2) is 5.16 Å². The Bertz CT molecular complexity index is 2120. The predicted molar refractivity (Wildman–Crippen MR) is 162 cm³/mol. The molecule has 1 aliphatic heterocycles. The third-order valence-corrected chi connectivity index (χ3v) is 8.86. The third kappa shape index (κ3) is 4.64. The lowest BCUT2D eigenvalue weighted by Gasteiger charge is -2.30. The minimum atomic E-state index is -0.313. The number of primary amides is 1. The van der Waals surface area contributed by atoms with E-state index in [2.05, 4.69) is 4.98 Å². The van der Waals surface area contributed by atoms with Crippen molar-refractivity contribution in [2.45, 2.75) is 23.8 Å². The van der Waals surface area contributed by atoms with Crippen LogP contribution in [0, 0.1) is 5.92 Å². The number of piperidine rings is 1. The number of carbonyl (C=O) groups is 2. The second-order valence-corrected chi connectivity index (χ2v) is 11.7. The number of hydrogen-bond acceptors (Lipinski definition) is 7. The Kier molecular flexibility index (Phi) is 6.55. The van der Waals surface area contributed by atoms with Crippen LogP contribution in [0.4, 0.5) is 0 Å². The number of thioether (sulfide) groups is 1. The molecule has 7 rings (SSSR count). The summed E-state index contributed by atoms with van der Waals surface area (Å²) in [4.78, 5) is 54.0. The molecule has 1 saturated heterocycles. The number of amides is 2. The largest absolute Gasteiger partial charge is 0.369 e. The summed E-state index contributed by atoms with van der Waals surface area (Å²) < 4.78 is 3.42. The molecule has 6 aromatic rings. The van der Waals surface area contributed by atoms with Crippen LogP contribution in [0.5, 0.6) is 0 Å². The van der Waals surface area contributed by atoms with Crippen molar-refractivity contribution in [3.63, 3.8) is 0 Å². The fourth-order valence-electron chi connectivity index (χ4n) is 5.48. The molecular formula is C30H24ClN7O3S. The summed E-state index contributed by atoms with van der Waals surface area (Å²) in [7, 11) is 0. The molecule has 0 saturated carbocycles. The molecule has 0 atom stereocenters. The number of carbonyl (C=O) groups excluding carboxylic acids is 2. The zero-order chi connectivity index (χ0) is 29.0. The highest BCUT2D eigenvalue weighted by atomic mass is 35.5. The summed E-state index contributed by atoms with van der Waals surface area (Å²) in [5.74, 6) is -0.222. The van der Waals surface area contributed by atoms with Gasteiger partial charge in [0, 0.05) is 48.0 Å². The normalized spacial score (nSPS) is 14.4. The molecule has 1 fully saturated rings. The number of hydrogen-bond donors (Lipinski definition) is 1. The molecule has 1 aliphatic rings. The van der Waals surface area contributed by atoms with Crippen molar-refractivity contribution in [2.24, 2.45) is 11.7 Å². The second-order valence-electron chi connectivity index (χ2n) is 10.3. The summed E-state index contributed by atoms with van der Waals surface area (Å²) in [6, 6.07) is 18.2. The highest BCUT2D eigenvalue weighted by molar-refractivity contribution is 7.98. The van der Waals surface area contributed by atoms with Gasteiger partial charge in [-0.1, -0.05) is 35.5 Å². The van der Waals surface area contributed by atoms with Gasteiger partial charge in [-0.15, -0.1) is 0 Å². The van der Waals surface area contributed by atoms with Crippen LogP contribution in [0.25, 0.3) is 33.2 Å². The van der Waals surface area contributed by atoms with E-state index in [1.807, 2.05) is 34.7 Å². The van der Waals surface area contributed by atoms with Gasteiger partial charge in [-0.3, -0.25) is 23.2 Å². The van der Waals surface area contributed by atoms with Crippen molar-refractivity contribution in [3.05, 3.63) is 93.5 Å². The number of halogens is 1. The maximum atomic E-state index is 13.4. The van der Waals surface area contributed by atoms with E-state index in [0.717, 1.165) is 22.1 Å². The number of benzene rings is 2. The Labute approximate surface area is 248 Å². The van der Waals surface area contributed by atoms with Crippen LogP contribution >= 0.6 is 23.4 Å². The smallest absolute Gasteiger partial charge is 0.258 e. The molecule has 42 heavy (non-hydrogen) atoms. The summed E-state index contributed by atoms with van der Waals surface area (Å²) in [6.07, 6.45) is 2.68. The average Bonchev–Trinajstić information content (AvgIpc) is 3.40. The highest BCUT2D eigenvalue weighted by Gasteiger charge is 2.27. The summed E-state index contributed by atoms with van der Waals surface area (Å²) in [5, 5.41) is 1.94. The number of imidazole rings is 1. The van der Waals surface area contributed by atoms with Crippen LogP contribution in [0.1, 0.15) is 28.9 Å². The van der Waals surface area contributed by atoms with Gasteiger partial charge in [-0.25, -0.2) is 15.0 Å². The zero-order valence-corrected chi connectivity index (χ0v) is 23.8. The zero-order valence-electron chi connectivity index (χ0n) is 22.2. The lowest BCUT2D eigenvalue weighted by molar-refractivity contribution is -0.123. The maximum absolute atomic E-state index is 13.4. The molecule has 2 amide bonds. The van der Waals surface area contributed by atoms with E-state index in [1.54, 1.807) is 35.4 Å². The first kappa shape index (κ1) is 26.4. The molecule has 10 nitrogen and oxygen atoms in total. The van der Waals surface area contributed by atoms with E-state index in [4.69, 9.17) is 27.3 Å². The number of para-hydroxylation sites is 2. The molecule has 0 spiro atoms. The van der Waals surface area contributed by atoms with Crippen molar-refractivity contribution in [1.29, 1.82) is 0 Å². The molecule has 0 radical (unpaired) electrons. The average molecular weight is 598 g/mol. The molecular weight excluding hydrogens is 574 g/mol. The van der Waals surface area contributed by atoms with Crippen molar-refractivity contribution in [2.75, 3.05) is 13.1 Å². The number of nitrogens with zero attached hydrogens (tertiary/aromatic N) is 6. The van der Waals surface area contributed by atoms with E-state index in [-0.39, 0.29) is 23.3 Å². The Morgan fingerprint density at radius 3 is 2.60 bits per heavy atom. The summed E-state index contributed by atoms with van der Waals surface area (Å²) >= 11 is 7.49. The Hall–Kier alpha value is -4.48. The molecule has 2 N–H and O–H groups in total. The van der Waals surface area contributed by atoms with Gasteiger partial charge in [-0.2, -0.15) is 0 Å². The highest BCUT2D eigenvalue weighted by Crippen LogP contribution is 2.31. The lowest BCUT2D eigenvalue weighted by atomic mass is 9.96. The van der Waals surface area contributed by atoms with Crippen LogP contribution in [0.15, 0.2) is 76.8 Å². The topological polar surface area (TPSA) is 128 Å². The fourth-order valence-corrected chi connectivity index (χ4v) is 6.55. The predicted octanol–water partition coefficient (Wildman–Crippen LogP) is 4.33. The van der Waals surface area contributed by atoms with Crippen LogP contribution in [-0.4, -0.2) is 53.6 Å². The van der Waals surface area contributed by atoms with Crippen LogP contribution in [0.2, 0.25) is 5.02 Å². The van der Waals surface area contributed by atoms with Gasteiger partial charge < -0.3 is 10.6 Å². The second kappa shape index (κ2) is 10.4. The van der Waals surface area contributed by atoms with Gasteiger partial charge >= 0.3 is 0 Å². The van der Waals surface area contributed by atoms with Gasteiger partial charge in [-0.05, 0) is 55.3 Å². The number of aromatic nitrogens is 5. The standard InChI is InChI=1S/C30H24ClN7O3S/c31-19-6-8-25-33-20(14-26(39)37(25)15-19)16-42-30-35-23-13-18(29(41)36-11-9-17(10-12-36)27(32)40)5-7-21(23)28-34-22-3-1-2-4-24(22)38(28)30/h1-8,13-15,17H,9-12,16H2,(H2,32,40). The van der Waals surface area contributed by atoms with Gasteiger partial charge in [0.25, 0.3) is 11.5 Å². The first-order valence-electron chi connectivity index (χ1n) is 13.5. The van der Waals surface area contributed by atoms with Crippen molar-refractivity contribution in [1.82, 2.24) is 28.7 Å². The number of nitrogens with two attached hydrogens (primary N) is 1. The van der Waals surface area contributed by atoms with Crippen molar-refractivity contribution < 1.29 is 9.59 Å². The number of fused-ring (bicyclic) bond motifs is 6. The van der Waals surface area contributed by atoms with Gasteiger partial charge in [0.2, 0.25) is 5.91 Å². The van der Waals surface area contributed by atoms with E-state index >= 15 is 0 Å². The lowest BCUT2D eigenvalue weighted by Crippen LogP contribution is -2.41. The Morgan fingerprint density at radius 1 is 0.976 bits per heavy atom. The minimum Gasteiger partial charge on any atom is -0.369 e.